The highest BCUT2D eigenvalue weighted by Gasteiger charge is 1.99. The van der Waals surface area contributed by atoms with Gasteiger partial charge in [0.2, 0.25) is 0 Å². The second-order valence-corrected chi connectivity index (χ2v) is 2.85. The predicted molar refractivity (Wildman–Crippen MR) is 43.8 cm³/mol. The van der Waals surface area contributed by atoms with Crippen LogP contribution in [0, 0.1) is 6.42 Å². The molecule has 1 N–H and O–H groups in total. The summed E-state index contributed by atoms with van der Waals surface area (Å²) in [6, 6.07) is 0. The fraction of sp³-hybridized carbons (Fsp3) is 0.875. The summed E-state index contributed by atoms with van der Waals surface area (Å²) in [7, 11) is 4.09. The van der Waals surface area contributed by atoms with E-state index in [-0.39, 0.29) is 6.10 Å². The van der Waals surface area contributed by atoms with Gasteiger partial charge in [-0.15, -0.1) is 0 Å². The fourth-order valence-corrected chi connectivity index (χ4v) is 0.783. The van der Waals surface area contributed by atoms with Gasteiger partial charge in [-0.25, -0.2) is 0 Å². The highest BCUT2D eigenvalue weighted by atomic mass is 16.3. The minimum absolute atomic E-state index is 0.208. The monoisotopic (exact) mass is 144 g/mol. The lowest BCUT2D eigenvalue weighted by atomic mass is 10.1. The molecule has 0 aliphatic carbocycles. The van der Waals surface area contributed by atoms with E-state index in [1.807, 2.05) is 27.4 Å². The van der Waals surface area contributed by atoms with Crippen LogP contribution in [0.2, 0.25) is 0 Å². The first-order chi connectivity index (χ1) is 4.66. The Hall–Kier alpha value is -0.0800. The minimum atomic E-state index is -0.208. The van der Waals surface area contributed by atoms with Gasteiger partial charge in [0.25, 0.3) is 0 Å². The van der Waals surface area contributed by atoms with Crippen LogP contribution in [0.4, 0.5) is 0 Å². The third-order valence-corrected chi connectivity index (χ3v) is 1.49. The van der Waals surface area contributed by atoms with Gasteiger partial charge in [-0.1, -0.05) is 6.92 Å². The van der Waals surface area contributed by atoms with Crippen LogP contribution in [-0.2, 0) is 0 Å². The first kappa shape index (κ1) is 9.92. The van der Waals surface area contributed by atoms with Crippen molar-refractivity contribution in [3.05, 3.63) is 6.42 Å². The average Bonchev–Trinajstić information content (AvgIpc) is 1.87. The Morgan fingerprint density at radius 1 is 1.50 bits per heavy atom. The van der Waals surface area contributed by atoms with E-state index in [4.69, 9.17) is 5.11 Å². The third-order valence-electron chi connectivity index (χ3n) is 1.49. The summed E-state index contributed by atoms with van der Waals surface area (Å²) < 4.78 is 0. The Morgan fingerprint density at radius 3 is 2.50 bits per heavy atom. The molecule has 0 aromatic rings. The molecule has 0 aromatic heterocycles. The molecular formula is C8H18NO. The highest BCUT2D eigenvalue weighted by molar-refractivity contribution is 4.69. The Bertz CT molecular complexity index is 73.7. The van der Waals surface area contributed by atoms with Crippen LogP contribution >= 0.6 is 0 Å². The summed E-state index contributed by atoms with van der Waals surface area (Å²) in [5.74, 6) is 0. The number of hydrogen-bond acceptors (Lipinski definition) is 2. The number of aliphatic hydroxyl groups excluding tert-OH is 1. The number of hydrogen-bond donors (Lipinski definition) is 1. The Kier molecular flexibility index (Phi) is 5.64. The second kappa shape index (κ2) is 5.69. The molecule has 0 aliphatic heterocycles. The van der Waals surface area contributed by atoms with Crippen LogP contribution < -0.4 is 0 Å². The molecule has 0 spiro atoms. The van der Waals surface area contributed by atoms with Crippen molar-refractivity contribution < 1.29 is 5.11 Å². The molecule has 1 atom stereocenters. The molecule has 0 bridgehead atoms. The predicted octanol–water partition coefficient (Wildman–Crippen LogP) is 0.913. The number of rotatable bonds is 5. The molecule has 2 nitrogen and oxygen atoms in total. The lowest BCUT2D eigenvalue weighted by Gasteiger charge is -2.10. The number of aliphatic hydroxyl groups is 1. The molecule has 2 heteroatoms. The number of nitrogens with zero attached hydrogens (tertiary/aromatic N) is 1. The summed E-state index contributed by atoms with van der Waals surface area (Å²) in [4.78, 5) is 2.13. The van der Waals surface area contributed by atoms with Crippen molar-refractivity contribution in [2.45, 2.75) is 25.9 Å². The Balaban J connectivity index is 3.03. The van der Waals surface area contributed by atoms with Crippen LogP contribution in [-0.4, -0.2) is 36.8 Å². The van der Waals surface area contributed by atoms with E-state index in [1.54, 1.807) is 0 Å². The maximum Gasteiger partial charge on any atom is 0.0569 e. The first-order valence-corrected chi connectivity index (χ1v) is 3.79. The standard InChI is InChI=1S/C8H18NO/c1-4-8(10)6-5-7-9(2)3/h4,8,10H,5-7H2,1-3H3. The van der Waals surface area contributed by atoms with Gasteiger partial charge in [0.1, 0.15) is 0 Å². The molecule has 61 valence electrons. The van der Waals surface area contributed by atoms with Crippen molar-refractivity contribution in [2.75, 3.05) is 20.6 Å². The zero-order valence-electron chi connectivity index (χ0n) is 7.17. The molecule has 0 saturated heterocycles. The molecule has 0 saturated carbocycles. The summed E-state index contributed by atoms with van der Waals surface area (Å²) >= 11 is 0. The van der Waals surface area contributed by atoms with Crippen LogP contribution in [0.3, 0.4) is 0 Å². The second-order valence-electron chi connectivity index (χ2n) is 2.85. The van der Waals surface area contributed by atoms with Gasteiger partial charge in [0.15, 0.2) is 0 Å². The van der Waals surface area contributed by atoms with Crippen LogP contribution in [0.5, 0.6) is 0 Å². The molecule has 0 rings (SSSR count). The van der Waals surface area contributed by atoms with E-state index in [9.17, 15) is 0 Å². The topological polar surface area (TPSA) is 23.5 Å². The fourth-order valence-electron chi connectivity index (χ4n) is 0.783. The van der Waals surface area contributed by atoms with Crippen LogP contribution in [0.1, 0.15) is 19.8 Å². The van der Waals surface area contributed by atoms with Gasteiger partial charge in [-0.2, -0.15) is 0 Å². The zero-order chi connectivity index (χ0) is 7.98. The molecule has 1 unspecified atom stereocenters. The summed E-state index contributed by atoms with van der Waals surface area (Å²) in [5, 5.41) is 9.10. The van der Waals surface area contributed by atoms with Crippen molar-refractivity contribution in [1.29, 1.82) is 0 Å². The van der Waals surface area contributed by atoms with E-state index < -0.39 is 0 Å². The lowest BCUT2D eigenvalue weighted by molar-refractivity contribution is 0.188. The minimum Gasteiger partial charge on any atom is -0.393 e. The summed E-state index contributed by atoms with van der Waals surface area (Å²) in [6.45, 7) is 2.95. The van der Waals surface area contributed by atoms with Crippen molar-refractivity contribution in [3.8, 4) is 0 Å². The van der Waals surface area contributed by atoms with Crippen molar-refractivity contribution in [3.63, 3.8) is 0 Å². The highest BCUT2D eigenvalue weighted by Crippen LogP contribution is 1.99. The van der Waals surface area contributed by atoms with E-state index in [2.05, 4.69) is 4.90 Å². The van der Waals surface area contributed by atoms with Crippen molar-refractivity contribution in [2.24, 2.45) is 0 Å². The summed E-state index contributed by atoms with van der Waals surface area (Å²) in [6.07, 6.45) is 3.57. The van der Waals surface area contributed by atoms with E-state index in [0.717, 1.165) is 19.4 Å². The smallest absolute Gasteiger partial charge is 0.0569 e. The Morgan fingerprint density at radius 2 is 2.10 bits per heavy atom. The van der Waals surface area contributed by atoms with Crippen molar-refractivity contribution >= 4 is 0 Å². The summed E-state index contributed by atoms with van der Waals surface area (Å²) in [5.41, 5.74) is 0. The molecule has 1 radical (unpaired) electrons. The molecule has 10 heavy (non-hydrogen) atoms. The van der Waals surface area contributed by atoms with Gasteiger partial charge >= 0.3 is 0 Å². The van der Waals surface area contributed by atoms with Gasteiger partial charge in [-0.3, -0.25) is 0 Å². The van der Waals surface area contributed by atoms with E-state index in [0.29, 0.717) is 0 Å². The molecular weight excluding hydrogens is 126 g/mol. The SMILES string of the molecule is C[CH]C(O)CCCN(C)C. The van der Waals surface area contributed by atoms with Crippen LogP contribution in [0.25, 0.3) is 0 Å². The molecule has 0 heterocycles. The van der Waals surface area contributed by atoms with Gasteiger partial charge in [0.05, 0.1) is 6.10 Å². The normalized spacial score (nSPS) is 14.1. The third kappa shape index (κ3) is 6.05. The first-order valence-electron chi connectivity index (χ1n) is 3.79. The van der Waals surface area contributed by atoms with E-state index >= 15 is 0 Å². The zero-order valence-corrected chi connectivity index (χ0v) is 7.17. The molecule has 0 aromatic carbocycles. The molecule has 0 amide bonds. The van der Waals surface area contributed by atoms with E-state index in [1.165, 1.54) is 0 Å². The maximum absolute atomic E-state index is 9.10. The molecule has 0 aliphatic rings. The van der Waals surface area contributed by atoms with Gasteiger partial charge in [-0.05, 0) is 39.9 Å². The lowest BCUT2D eigenvalue weighted by Crippen LogP contribution is -2.15. The quantitative estimate of drug-likeness (QED) is 0.620. The maximum atomic E-state index is 9.10. The Labute approximate surface area is 63.8 Å². The van der Waals surface area contributed by atoms with Crippen molar-refractivity contribution in [1.82, 2.24) is 4.90 Å². The average molecular weight is 144 g/mol. The van der Waals surface area contributed by atoms with Crippen LogP contribution in [0.15, 0.2) is 0 Å². The largest absolute Gasteiger partial charge is 0.393 e. The molecule has 0 fully saturated rings. The van der Waals surface area contributed by atoms with Gasteiger partial charge in [0, 0.05) is 0 Å². The van der Waals surface area contributed by atoms with Gasteiger partial charge < -0.3 is 10.0 Å².